The van der Waals surface area contributed by atoms with Gasteiger partial charge in [0.25, 0.3) is 0 Å². The van der Waals surface area contributed by atoms with Crippen molar-refractivity contribution in [2.45, 2.75) is 45.5 Å². The second-order valence-electron chi connectivity index (χ2n) is 3.28. The van der Waals surface area contributed by atoms with E-state index in [1.54, 1.807) is 13.8 Å². The second kappa shape index (κ2) is 2.30. The Morgan fingerprint density at radius 2 is 2.00 bits per heavy atom. The molecule has 0 amide bonds. The Kier molecular flexibility index (Phi) is 0.743. The smallest absolute Gasteiger partial charge is 0.0462 e. The summed E-state index contributed by atoms with van der Waals surface area (Å²) in [5.41, 5.74) is 5.02. The van der Waals surface area contributed by atoms with E-state index in [0.29, 0.717) is 0 Å². The monoisotopic (exact) mass is 132 g/mol. The minimum absolute atomic E-state index is 0.125. The molecule has 0 radical (unpaired) electrons. The van der Waals surface area contributed by atoms with Crippen LogP contribution in [0.4, 0.5) is 0 Å². The lowest BCUT2D eigenvalue weighted by Gasteiger charge is -2.32. The van der Waals surface area contributed by atoms with Crippen LogP contribution in [0.15, 0.2) is 0 Å². The first-order valence-corrected chi connectivity index (χ1v) is 3.20. The molecule has 1 aliphatic carbocycles. The van der Waals surface area contributed by atoms with Crippen molar-refractivity contribution in [2.24, 2.45) is 11.1 Å². The third kappa shape index (κ3) is 1.98. The van der Waals surface area contributed by atoms with Crippen molar-refractivity contribution in [1.29, 1.82) is 0 Å². The fourth-order valence-corrected chi connectivity index (χ4v) is 0.794. The highest BCUT2D eigenvalue weighted by molar-refractivity contribution is 4.79. The summed E-state index contributed by atoms with van der Waals surface area (Å²) in [5, 5.41) is 0. The van der Waals surface area contributed by atoms with Gasteiger partial charge in [-0.1, -0.05) is 13.8 Å². The van der Waals surface area contributed by atoms with Crippen LogP contribution in [0.5, 0.6) is 0 Å². The molecule has 1 saturated carbocycles. The van der Waals surface area contributed by atoms with Crippen LogP contribution in [0.2, 0.25) is 0 Å². The molecule has 0 heterocycles. The lowest BCUT2D eigenvalue weighted by Crippen LogP contribution is -2.30. The normalized spacial score (nSPS) is 51.2. The summed E-state index contributed by atoms with van der Waals surface area (Å²) in [4.78, 5) is 0. The molecule has 0 aromatic heterocycles. The molecule has 1 aliphatic rings. The predicted molar refractivity (Wildman–Crippen MR) is 40.2 cm³/mol. The summed E-state index contributed by atoms with van der Waals surface area (Å²) in [6.07, 6.45) is -3.73. The Balaban J connectivity index is 3.13. The van der Waals surface area contributed by atoms with Crippen LogP contribution >= 0.6 is 0 Å². The van der Waals surface area contributed by atoms with Gasteiger partial charge in [-0.05, 0) is 31.0 Å². The molecule has 0 aromatic rings. The van der Waals surface area contributed by atoms with Crippen molar-refractivity contribution in [1.82, 2.24) is 0 Å². The van der Waals surface area contributed by atoms with Gasteiger partial charge in [0.05, 0.1) is 0 Å². The van der Waals surface area contributed by atoms with Crippen molar-refractivity contribution in [2.75, 3.05) is 0 Å². The Morgan fingerprint density at radius 1 is 1.56 bits per heavy atom. The summed E-state index contributed by atoms with van der Waals surface area (Å²) in [5.74, 6) is 0. The van der Waals surface area contributed by atoms with Gasteiger partial charge >= 0.3 is 0 Å². The fourth-order valence-electron chi connectivity index (χ4n) is 0.794. The highest BCUT2D eigenvalue weighted by atomic mass is 14.6. The Labute approximate surface area is 64.7 Å². The van der Waals surface area contributed by atoms with E-state index in [1.165, 1.54) is 0 Å². The maximum absolute atomic E-state index is 7.65. The summed E-state index contributed by atoms with van der Waals surface area (Å²) >= 11 is 0. The van der Waals surface area contributed by atoms with Gasteiger partial charge in [-0.25, -0.2) is 0 Å². The Morgan fingerprint density at radius 3 is 2.44 bits per heavy atom. The summed E-state index contributed by atoms with van der Waals surface area (Å²) in [7, 11) is 0. The molecule has 1 heteroatoms. The zero-order chi connectivity index (χ0) is 11.4. The summed E-state index contributed by atoms with van der Waals surface area (Å²) < 4.78 is 38.3. The average Bonchev–Trinajstić information content (AvgIpc) is 1.77. The lowest BCUT2D eigenvalue weighted by molar-refractivity contribution is 0.225. The van der Waals surface area contributed by atoms with Crippen LogP contribution in [0, 0.1) is 5.41 Å². The van der Waals surface area contributed by atoms with Gasteiger partial charge in [0.2, 0.25) is 0 Å². The third-order valence-corrected chi connectivity index (χ3v) is 1.51. The van der Waals surface area contributed by atoms with E-state index in [2.05, 4.69) is 0 Å². The molecule has 2 N–H and O–H groups in total. The average molecular weight is 132 g/mol. The molecule has 9 heavy (non-hydrogen) atoms. The van der Waals surface area contributed by atoms with Crippen LogP contribution in [0.1, 0.15) is 46.3 Å². The second-order valence-corrected chi connectivity index (χ2v) is 3.28. The number of hydrogen-bond donors (Lipinski definition) is 1. The van der Waals surface area contributed by atoms with Crippen LogP contribution in [0.3, 0.4) is 0 Å². The van der Waals surface area contributed by atoms with Crippen LogP contribution < -0.4 is 5.73 Å². The van der Waals surface area contributed by atoms with Gasteiger partial charge < -0.3 is 5.73 Å². The molecular weight excluding hydrogens is 110 g/mol. The van der Waals surface area contributed by atoms with E-state index < -0.39 is 24.2 Å². The van der Waals surface area contributed by atoms with Crippen molar-refractivity contribution >= 4 is 0 Å². The molecule has 1 nitrogen and oxygen atoms in total. The Bertz CT molecular complexity index is 224. The molecule has 1 fully saturated rings. The number of hydrogen-bond acceptors (Lipinski definition) is 1. The first kappa shape index (κ1) is 2.91. The first-order chi connectivity index (χ1) is 5.91. The molecule has 0 atom stereocenters. The molecule has 0 spiro atoms. The van der Waals surface area contributed by atoms with Gasteiger partial charge in [-0.2, -0.15) is 0 Å². The minimum atomic E-state index is -2.16. The van der Waals surface area contributed by atoms with Crippen molar-refractivity contribution < 1.29 is 6.85 Å². The minimum Gasteiger partial charge on any atom is -0.328 e. The van der Waals surface area contributed by atoms with Crippen molar-refractivity contribution in [3.63, 3.8) is 0 Å². The molecule has 0 saturated heterocycles. The molecule has 0 aliphatic heterocycles. The maximum Gasteiger partial charge on any atom is 0.0462 e. The van der Waals surface area contributed by atoms with E-state index in [4.69, 9.17) is 12.6 Å². The Hall–Kier alpha value is -0.0400. The zero-order valence-corrected chi connectivity index (χ0v) is 5.99. The molecular formula is C8H17N. The van der Waals surface area contributed by atoms with Gasteiger partial charge in [0, 0.05) is 12.9 Å². The maximum atomic E-state index is 7.65. The van der Waals surface area contributed by atoms with Crippen LogP contribution in [-0.4, -0.2) is 6.02 Å². The quantitative estimate of drug-likeness (QED) is 0.535. The highest BCUT2D eigenvalue weighted by Gasteiger charge is 2.24. The fraction of sp³-hybridized carbons (Fsp3) is 1.00. The van der Waals surface area contributed by atoms with Gasteiger partial charge in [0.1, 0.15) is 0 Å². The van der Waals surface area contributed by atoms with E-state index >= 15 is 0 Å². The van der Waals surface area contributed by atoms with Gasteiger partial charge in [-0.15, -0.1) is 0 Å². The third-order valence-electron chi connectivity index (χ3n) is 1.51. The topological polar surface area (TPSA) is 26.0 Å². The van der Waals surface area contributed by atoms with Crippen LogP contribution in [-0.2, 0) is 0 Å². The molecule has 0 aromatic carbocycles. The molecule has 54 valence electrons. The van der Waals surface area contributed by atoms with Gasteiger partial charge in [-0.3, -0.25) is 0 Å². The van der Waals surface area contributed by atoms with E-state index in [9.17, 15) is 0 Å². The SMILES string of the molecule is [2H]C1([2H])CC(C)(C)CC([2H])([2H])C1([2H])N. The lowest BCUT2D eigenvalue weighted by atomic mass is 9.76. The number of rotatable bonds is 0. The van der Waals surface area contributed by atoms with Crippen molar-refractivity contribution in [3.05, 3.63) is 0 Å². The van der Waals surface area contributed by atoms with Crippen LogP contribution in [0.25, 0.3) is 0 Å². The largest absolute Gasteiger partial charge is 0.328 e. The summed E-state index contributed by atoms with van der Waals surface area (Å²) in [6.45, 7) is 3.61. The van der Waals surface area contributed by atoms with E-state index in [-0.39, 0.29) is 12.8 Å². The van der Waals surface area contributed by atoms with E-state index in [0.717, 1.165) is 0 Å². The molecule has 0 bridgehead atoms. The zero-order valence-electron chi connectivity index (χ0n) is 11.0. The van der Waals surface area contributed by atoms with E-state index in [1.807, 2.05) is 0 Å². The molecule has 1 rings (SSSR count). The number of nitrogens with two attached hydrogens (primary N) is 1. The van der Waals surface area contributed by atoms with Gasteiger partial charge in [0.15, 0.2) is 0 Å². The first-order valence-electron chi connectivity index (χ1n) is 5.70. The standard InChI is InChI=1S/C8H17N/c1-8(2)5-3-7(9)4-6-8/h7H,3-6,9H2,1-2H3/i3D2,4D2,7D. The van der Waals surface area contributed by atoms with Crippen molar-refractivity contribution in [3.8, 4) is 0 Å². The summed E-state index contributed by atoms with van der Waals surface area (Å²) in [6, 6.07) is -2.16. The molecule has 0 unspecified atom stereocenters. The highest BCUT2D eigenvalue weighted by Crippen LogP contribution is 2.34. The predicted octanol–water partition coefficient (Wildman–Crippen LogP) is 1.91.